The molecule has 1 unspecified atom stereocenters. The molecule has 1 amide bonds. The average Bonchev–Trinajstić information content (AvgIpc) is 3.15. The maximum Gasteiger partial charge on any atom is 0.248 e. The molecule has 6 nitrogen and oxygen atoms in total. The fourth-order valence-electron chi connectivity index (χ4n) is 3.33. The Balaban J connectivity index is 0.00000300. The van der Waals surface area contributed by atoms with Crippen LogP contribution in [0.1, 0.15) is 25.0 Å². The summed E-state index contributed by atoms with van der Waals surface area (Å²) in [6.07, 6.45) is 0.879. The monoisotopic (exact) mass is 508 g/mol. The molecule has 0 saturated carbocycles. The molecule has 29 heavy (non-hydrogen) atoms. The molecule has 0 spiro atoms. The number of hydrogen-bond donors (Lipinski definition) is 3. The number of anilines is 1. The lowest BCUT2D eigenvalue weighted by atomic mass is 9.96. The summed E-state index contributed by atoms with van der Waals surface area (Å²) in [5, 5.41) is 17.0. The SMILES string of the molecule is CCNC(=NCC(=O)N1CCc2ccccc21)NCC(C)(O)c1ccccc1.I. The van der Waals surface area contributed by atoms with E-state index in [9.17, 15) is 9.90 Å². The highest BCUT2D eigenvalue weighted by Gasteiger charge is 2.25. The average molecular weight is 508 g/mol. The van der Waals surface area contributed by atoms with Gasteiger partial charge < -0.3 is 20.6 Å². The summed E-state index contributed by atoms with van der Waals surface area (Å²) < 4.78 is 0. The van der Waals surface area contributed by atoms with Crippen LogP contribution in [0.2, 0.25) is 0 Å². The minimum Gasteiger partial charge on any atom is -0.384 e. The Kier molecular flexibility index (Phi) is 8.45. The highest BCUT2D eigenvalue weighted by Crippen LogP contribution is 2.27. The quantitative estimate of drug-likeness (QED) is 0.319. The molecule has 1 heterocycles. The number of benzene rings is 2. The Morgan fingerprint density at radius 1 is 1.14 bits per heavy atom. The number of hydrogen-bond acceptors (Lipinski definition) is 3. The van der Waals surface area contributed by atoms with Crippen LogP contribution in [-0.2, 0) is 16.8 Å². The molecule has 2 aromatic rings. The zero-order chi connectivity index (χ0) is 20.0. The van der Waals surface area contributed by atoms with Crippen molar-refractivity contribution in [1.82, 2.24) is 10.6 Å². The van der Waals surface area contributed by atoms with Gasteiger partial charge in [0.2, 0.25) is 5.91 Å². The lowest BCUT2D eigenvalue weighted by Crippen LogP contribution is -2.45. The minimum absolute atomic E-state index is 0. The molecule has 0 saturated heterocycles. The molecule has 1 aliphatic heterocycles. The summed E-state index contributed by atoms with van der Waals surface area (Å²) in [6, 6.07) is 17.5. The summed E-state index contributed by atoms with van der Waals surface area (Å²) in [4.78, 5) is 18.9. The smallest absolute Gasteiger partial charge is 0.248 e. The number of carbonyl (C=O) groups is 1. The molecule has 1 atom stereocenters. The molecule has 0 aromatic heterocycles. The van der Waals surface area contributed by atoms with E-state index in [2.05, 4.69) is 21.7 Å². The van der Waals surface area contributed by atoms with Gasteiger partial charge in [-0.15, -0.1) is 24.0 Å². The number of para-hydroxylation sites is 1. The normalized spacial score (nSPS) is 15.1. The second-order valence-electron chi connectivity index (χ2n) is 7.11. The summed E-state index contributed by atoms with van der Waals surface area (Å²) >= 11 is 0. The molecule has 0 radical (unpaired) electrons. The van der Waals surface area contributed by atoms with Crippen LogP contribution in [0.5, 0.6) is 0 Å². The van der Waals surface area contributed by atoms with E-state index >= 15 is 0 Å². The lowest BCUT2D eigenvalue weighted by Gasteiger charge is -2.25. The van der Waals surface area contributed by atoms with Crippen LogP contribution < -0.4 is 15.5 Å². The van der Waals surface area contributed by atoms with E-state index in [0.29, 0.717) is 19.0 Å². The number of aliphatic hydroxyl groups is 1. The lowest BCUT2D eigenvalue weighted by molar-refractivity contribution is -0.117. The second-order valence-corrected chi connectivity index (χ2v) is 7.11. The number of amides is 1. The van der Waals surface area contributed by atoms with Gasteiger partial charge in [-0.25, -0.2) is 4.99 Å². The summed E-state index contributed by atoms with van der Waals surface area (Å²) in [5.41, 5.74) is 1.95. The molecule has 2 aromatic carbocycles. The van der Waals surface area contributed by atoms with Gasteiger partial charge in [0.1, 0.15) is 12.1 Å². The molecule has 0 bridgehead atoms. The fourth-order valence-corrected chi connectivity index (χ4v) is 3.33. The molecule has 7 heteroatoms. The van der Waals surface area contributed by atoms with Crippen molar-refractivity contribution in [1.29, 1.82) is 0 Å². The van der Waals surface area contributed by atoms with E-state index in [-0.39, 0.29) is 43.0 Å². The molecule has 0 fully saturated rings. The van der Waals surface area contributed by atoms with Gasteiger partial charge in [-0.2, -0.15) is 0 Å². The zero-order valence-electron chi connectivity index (χ0n) is 16.9. The van der Waals surface area contributed by atoms with Crippen molar-refractivity contribution in [2.75, 3.05) is 31.1 Å². The molecule has 1 aliphatic rings. The van der Waals surface area contributed by atoms with E-state index in [0.717, 1.165) is 17.7 Å². The summed E-state index contributed by atoms with van der Waals surface area (Å²) in [7, 11) is 0. The highest BCUT2D eigenvalue weighted by atomic mass is 127. The minimum atomic E-state index is -1.05. The number of nitrogens with one attached hydrogen (secondary N) is 2. The van der Waals surface area contributed by atoms with Gasteiger partial charge in [0.15, 0.2) is 5.96 Å². The predicted octanol–water partition coefficient (Wildman–Crippen LogP) is 2.66. The zero-order valence-corrected chi connectivity index (χ0v) is 19.2. The van der Waals surface area contributed by atoms with Gasteiger partial charge in [-0.1, -0.05) is 48.5 Å². The van der Waals surface area contributed by atoms with Gasteiger partial charge in [-0.05, 0) is 37.5 Å². The fraction of sp³-hybridized carbons (Fsp3) is 0.364. The summed E-state index contributed by atoms with van der Waals surface area (Å²) in [5.74, 6) is 0.483. The van der Waals surface area contributed by atoms with Crippen molar-refractivity contribution in [3.05, 3.63) is 65.7 Å². The number of fused-ring (bicyclic) bond motifs is 1. The third-order valence-corrected chi connectivity index (χ3v) is 4.90. The Morgan fingerprint density at radius 2 is 1.83 bits per heavy atom. The van der Waals surface area contributed by atoms with E-state index in [1.165, 1.54) is 5.56 Å². The summed E-state index contributed by atoms with van der Waals surface area (Å²) in [6.45, 7) is 5.41. The van der Waals surface area contributed by atoms with Crippen LogP contribution in [0.4, 0.5) is 5.69 Å². The Hall–Kier alpha value is -2.13. The van der Waals surface area contributed by atoms with Crippen molar-refractivity contribution in [2.45, 2.75) is 25.9 Å². The van der Waals surface area contributed by atoms with Crippen LogP contribution in [0.15, 0.2) is 59.6 Å². The van der Waals surface area contributed by atoms with Gasteiger partial charge in [0, 0.05) is 18.8 Å². The third-order valence-electron chi connectivity index (χ3n) is 4.90. The van der Waals surface area contributed by atoms with Crippen molar-refractivity contribution in [3.63, 3.8) is 0 Å². The van der Waals surface area contributed by atoms with Gasteiger partial charge >= 0.3 is 0 Å². The second kappa shape index (κ2) is 10.6. The van der Waals surface area contributed by atoms with E-state index in [1.54, 1.807) is 11.8 Å². The van der Waals surface area contributed by atoms with Crippen molar-refractivity contribution in [3.8, 4) is 0 Å². The Morgan fingerprint density at radius 3 is 2.55 bits per heavy atom. The first kappa shape index (κ1) is 23.2. The maximum atomic E-state index is 12.7. The van der Waals surface area contributed by atoms with E-state index in [4.69, 9.17) is 0 Å². The predicted molar refractivity (Wildman–Crippen MR) is 128 cm³/mol. The number of aliphatic imine (C=N–C) groups is 1. The standard InChI is InChI=1S/C22H28N4O2.HI/c1-3-23-21(25-16-22(2,28)18-10-5-4-6-11-18)24-15-20(27)26-14-13-17-9-7-8-12-19(17)26;/h4-12,28H,3,13-16H2,1-2H3,(H2,23,24,25);1H. The van der Waals surface area contributed by atoms with Gasteiger partial charge in [0.25, 0.3) is 0 Å². The molecule has 3 rings (SSSR count). The van der Waals surface area contributed by atoms with Crippen molar-refractivity contribution >= 4 is 41.5 Å². The number of halogens is 1. The molecule has 0 aliphatic carbocycles. The topological polar surface area (TPSA) is 77.0 Å². The molecular weight excluding hydrogens is 479 g/mol. The molecule has 3 N–H and O–H groups in total. The van der Waals surface area contributed by atoms with Crippen molar-refractivity contribution in [2.24, 2.45) is 4.99 Å². The van der Waals surface area contributed by atoms with E-state index in [1.807, 2.05) is 55.5 Å². The molecule has 156 valence electrons. The first-order valence-corrected chi connectivity index (χ1v) is 9.69. The number of guanidine groups is 1. The first-order valence-electron chi connectivity index (χ1n) is 9.69. The van der Waals surface area contributed by atoms with Crippen LogP contribution in [0.25, 0.3) is 0 Å². The largest absolute Gasteiger partial charge is 0.384 e. The number of carbonyl (C=O) groups excluding carboxylic acids is 1. The third kappa shape index (κ3) is 5.93. The van der Waals surface area contributed by atoms with Gasteiger partial charge in [-0.3, -0.25) is 4.79 Å². The van der Waals surface area contributed by atoms with Crippen LogP contribution in [0.3, 0.4) is 0 Å². The Bertz CT molecular complexity index is 840. The first-order chi connectivity index (χ1) is 13.5. The Labute approximate surface area is 189 Å². The molecular formula is C22H29IN4O2. The number of nitrogens with zero attached hydrogens (tertiary/aromatic N) is 2. The van der Waals surface area contributed by atoms with Gasteiger partial charge in [0.05, 0.1) is 6.54 Å². The van der Waals surface area contributed by atoms with Crippen LogP contribution in [0, 0.1) is 0 Å². The van der Waals surface area contributed by atoms with Crippen LogP contribution in [-0.4, -0.2) is 43.2 Å². The van der Waals surface area contributed by atoms with Crippen molar-refractivity contribution < 1.29 is 9.90 Å². The highest BCUT2D eigenvalue weighted by molar-refractivity contribution is 14.0. The van der Waals surface area contributed by atoms with Crippen LogP contribution >= 0.6 is 24.0 Å². The van der Waals surface area contributed by atoms with E-state index < -0.39 is 5.60 Å². The number of rotatable bonds is 6. The maximum absolute atomic E-state index is 12.7.